The Morgan fingerprint density at radius 2 is 2.24 bits per heavy atom. The average Bonchev–Trinajstić information content (AvgIpc) is 2.35. The first-order valence-electron chi connectivity index (χ1n) is 5.40. The zero-order valence-corrected chi connectivity index (χ0v) is 10.3. The second kappa shape index (κ2) is 5.46. The van der Waals surface area contributed by atoms with E-state index in [1.807, 2.05) is 6.07 Å². The molecule has 1 aromatic rings. The van der Waals surface area contributed by atoms with Crippen LogP contribution in [0.25, 0.3) is 0 Å². The fourth-order valence-corrected chi connectivity index (χ4v) is 1.49. The van der Waals surface area contributed by atoms with Crippen LogP contribution in [0.3, 0.4) is 0 Å². The number of hydrogen-bond donors (Lipinski definition) is 1. The predicted octanol–water partition coefficient (Wildman–Crippen LogP) is 1.32. The Labute approximate surface area is 101 Å². The summed E-state index contributed by atoms with van der Waals surface area (Å²) in [6.07, 6.45) is 0. The van der Waals surface area contributed by atoms with Gasteiger partial charge in [-0.2, -0.15) is 5.26 Å². The zero-order chi connectivity index (χ0) is 13.0. The van der Waals surface area contributed by atoms with Crippen LogP contribution in [0, 0.1) is 18.3 Å². The third-order valence-corrected chi connectivity index (χ3v) is 2.83. The van der Waals surface area contributed by atoms with Crippen molar-refractivity contribution in [2.45, 2.75) is 19.9 Å². The van der Waals surface area contributed by atoms with Gasteiger partial charge in [-0.15, -0.1) is 0 Å². The molecule has 4 nitrogen and oxygen atoms in total. The molecule has 90 valence electrons. The van der Waals surface area contributed by atoms with E-state index in [0.29, 0.717) is 11.1 Å². The summed E-state index contributed by atoms with van der Waals surface area (Å²) in [4.78, 5) is 13.6. The van der Waals surface area contributed by atoms with E-state index in [1.54, 1.807) is 39.1 Å². The minimum atomic E-state index is -0.224. The van der Waals surface area contributed by atoms with Gasteiger partial charge in [-0.3, -0.25) is 4.79 Å². The molecule has 0 saturated heterocycles. The molecule has 17 heavy (non-hydrogen) atoms. The van der Waals surface area contributed by atoms with E-state index in [1.165, 1.54) is 4.90 Å². The fraction of sp³-hybridized carbons (Fsp3) is 0.385. The lowest BCUT2D eigenvalue weighted by Gasteiger charge is -2.23. The number of likely N-dealkylation sites (N-methyl/N-ethyl adjacent to an activating group) is 1. The van der Waals surface area contributed by atoms with Crippen LogP contribution in [0.2, 0.25) is 0 Å². The Bertz CT molecular complexity index is 463. The molecule has 4 heteroatoms. The summed E-state index contributed by atoms with van der Waals surface area (Å²) < 4.78 is 0. The van der Waals surface area contributed by atoms with Gasteiger partial charge < -0.3 is 10.0 Å². The second-order valence-corrected chi connectivity index (χ2v) is 4.09. The number of nitrogens with zero attached hydrogens (tertiary/aromatic N) is 2. The van der Waals surface area contributed by atoms with Crippen molar-refractivity contribution < 1.29 is 9.90 Å². The molecule has 0 fully saturated rings. The number of carbonyl (C=O) groups excluding carboxylic acids is 1. The number of aliphatic hydroxyl groups excluding tert-OH is 1. The molecule has 1 atom stereocenters. The Kier molecular flexibility index (Phi) is 4.24. The van der Waals surface area contributed by atoms with E-state index in [0.717, 1.165) is 5.56 Å². The Morgan fingerprint density at radius 1 is 1.59 bits per heavy atom. The maximum Gasteiger partial charge on any atom is 0.254 e. The minimum Gasteiger partial charge on any atom is -0.394 e. The van der Waals surface area contributed by atoms with Crippen molar-refractivity contribution in [3.63, 3.8) is 0 Å². The van der Waals surface area contributed by atoms with Gasteiger partial charge in [0.2, 0.25) is 0 Å². The Balaban J connectivity index is 3.02. The molecular formula is C13H16N2O2. The topological polar surface area (TPSA) is 64.3 Å². The van der Waals surface area contributed by atoms with Gasteiger partial charge in [-0.25, -0.2) is 0 Å². The molecule has 0 aromatic heterocycles. The Morgan fingerprint density at radius 3 is 2.71 bits per heavy atom. The third kappa shape index (κ3) is 2.83. The van der Waals surface area contributed by atoms with Gasteiger partial charge in [0.05, 0.1) is 24.3 Å². The van der Waals surface area contributed by atoms with Gasteiger partial charge in [0, 0.05) is 12.6 Å². The molecular weight excluding hydrogens is 216 g/mol. The number of hydrogen-bond acceptors (Lipinski definition) is 3. The number of nitriles is 1. The van der Waals surface area contributed by atoms with Crippen LogP contribution in [0.4, 0.5) is 0 Å². The van der Waals surface area contributed by atoms with E-state index >= 15 is 0 Å². The lowest BCUT2D eigenvalue weighted by molar-refractivity contribution is 0.0681. The standard InChI is InChI=1S/C13H16N2O2/c1-9-6-11(7-14)4-5-12(9)13(17)15(3)10(2)8-16/h4-6,10,16H,8H2,1-3H3. The van der Waals surface area contributed by atoms with Crippen molar-refractivity contribution in [3.05, 3.63) is 34.9 Å². The van der Waals surface area contributed by atoms with Gasteiger partial charge >= 0.3 is 0 Å². The van der Waals surface area contributed by atoms with Crippen LogP contribution in [-0.4, -0.2) is 35.6 Å². The van der Waals surface area contributed by atoms with Crippen LogP contribution in [0.1, 0.15) is 28.4 Å². The van der Waals surface area contributed by atoms with Crippen molar-refractivity contribution in [3.8, 4) is 6.07 Å². The summed E-state index contributed by atoms with van der Waals surface area (Å²) in [6, 6.07) is 6.77. The normalized spacial score (nSPS) is 11.7. The largest absolute Gasteiger partial charge is 0.394 e. The number of carbonyl (C=O) groups is 1. The number of amides is 1. The number of aryl methyl sites for hydroxylation is 1. The lowest BCUT2D eigenvalue weighted by Crippen LogP contribution is -2.37. The van der Waals surface area contributed by atoms with Crippen LogP contribution in [-0.2, 0) is 0 Å². The van der Waals surface area contributed by atoms with E-state index in [4.69, 9.17) is 10.4 Å². The van der Waals surface area contributed by atoms with Gasteiger partial charge in [0.15, 0.2) is 0 Å². The van der Waals surface area contributed by atoms with Gasteiger partial charge in [0.1, 0.15) is 0 Å². The van der Waals surface area contributed by atoms with Crippen LogP contribution >= 0.6 is 0 Å². The first-order valence-corrected chi connectivity index (χ1v) is 5.40. The molecule has 0 aliphatic carbocycles. The maximum absolute atomic E-state index is 12.1. The summed E-state index contributed by atoms with van der Waals surface area (Å²) in [5.74, 6) is -0.145. The molecule has 1 aromatic carbocycles. The number of benzene rings is 1. The molecule has 0 bridgehead atoms. The average molecular weight is 232 g/mol. The molecule has 1 amide bonds. The molecule has 0 radical (unpaired) electrons. The highest BCUT2D eigenvalue weighted by molar-refractivity contribution is 5.95. The molecule has 1 N–H and O–H groups in total. The molecule has 1 rings (SSSR count). The molecule has 1 unspecified atom stereocenters. The lowest BCUT2D eigenvalue weighted by atomic mass is 10.0. The Hall–Kier alpha value is -1.86. The van der Waals surface area contributed by atoms with Gasteiger partial charge in [-0.1, -0.05) is 0 Å². The summed E-state index contributed by atoms with van der Waals surface area (Å²) in [7, 11) is 1.65. The van der Waals surface area contributed by atoms with Crippen LogP contribution in [0.5, 0.6) is 0 Å². The second-order valence-electron chi connectivity index (χ2n) is 4.09. The quantitative estimate of drug-likeness (QED) is 0.854. The van der Waals surface area contributed by atoms with Crippen molar-refractivity contribution in [1.82, 2.24) is 4.90 Å². The fourth-order valence-electron chi connectivity index (χ4n) is 1.49. The molecule has 0 aliphatic heterocycles. The summed E-state index contributed by atoms with van der Waals surface area (Å²) in [6.45, 7) is 3.50. The van der Waals surface area contributed by atoms with E-state index in [2.05, 4.69) is 0 Å². The monoisotopic (exact) mass is 232 g/mol. The summed E-state index contributed by atoms with van der Waals surface area (Å²) in [5, 5.41) is 17.8. The predicted molar refractivity (Wildman–Crippen MR) is 64.5 cm³/mol. The van der Waals surface area contributed by atoms with Crippen LogP contribution in [0.15, 0.2) is 18.2 Å². The molecule has 0 saturated carbocycles. The number of aliphatic hydroxyl groups is 1. The first-order chi connectivity index (χ1) is 8.01. The van der Waals surface area contributed by atoms with Gasteiger partial charge in [0.25, 0.3) is 5.91 Å². The van der Waals surface area contributed by atoms with Crippen LogP contribution < -0.4 is 0 Å². The zero-order valence-electron chi connectivity index (χ0n) is 10.3. The van der Waals surface area contributed by atoms with E-state index in [-0.39, 0.29) is 18.6 Å². The van der Waals surface area contributed by atoms with Crippen molar-refractivity contribution in [2.24, 2.45) is 0 Å². The number of rotatable bonds is 3. The molecule has 0 spiro atoms. The highest BCUT2D eigenvalue weighted by Crippen LogP contribution is 2.13. The molecule has 0 aliphatic rings. The smallest absolute Gasteiger partial charge is 0.254 e. The highest BCUT2D eigenvalue weighted by atomic mass is 16.3. The highest BCUT2D eigenvalue weighted by Gasteiger charge is 2.18. The van der Waals surface area contributed by atoms with Crippen molar-refractivity contribution in [1.29, 1.82) is 5.26 Å². The summed E-state index contributed by atoms with van der Waals surface area (Å²) in [5.41, 5.74) is 1.87. The third-order valence-electron chi connectivity index (χ3n) is 2.83. The maximum atomic E-state index is 12.1. The van der Waals surface area contributed by atoms with Gasteiger partial charge in [-0.05, 0) is 37.6 Å². The summed E-state index contributed by atoms with van der Waals surface area (Å²) >= 11 is 0. The first kappa shape index (κ1) is 13.2. The van der Waals surface area contributed by atoms with Crippen molar-refractivity contribution >= 4 is 5.91 Å². The van der Waals surface area contributed by atoms with E-state index in [9.17, 15) is 4.79 Å². The minimum absolute atomic E-state index is 0.0719. The van der Waals surface area contributed by atoms with Crippen molar-refractivity contribution in [2.75, 3.05) is 13.7 Å². The van der Waals surface area contributed by atoms with E-state index < -0.39 is 0 Å². The molecule has 0 heterocycles. The SMILES string of the molecule is Cc1cc(C#N)ccc1C(=O)N(C)C(C)CO.